The van der Waals surface area contributed by atoms with Crippen LogP contribution >= 0.6 is 0 Å². The summed E-state index contributed by atoms with van der Waals surface area (Å²) < 4.78 is 0. The molecule has 1 nitrogen and oxygen atoms in total. The van der Waals surface area contributed by atoms with Crippen LogP contribution in [0.4, 0.5) is 0 Å². The molecule has 1 aliphatic rings. The molecule has 0 aliphatic heterocycles. The second-order valence-corrected chi connectivity index (χ2v) is 3.28. The summed E-state index contributed by atoms with van der Waals surface area (Å²) >= 11 is 0. The summed E-state index contributed by atoms with van der Waals surface area (Å²) in [5.41, 5.74) is 5.10. The molecule has 0 atom stereocenters. The third-order valence-corrected chi connectivity index (χ3v) is 2.41. The van der Waals surface area contributed by atoms with Gasteiger partial charge in [-0.25, -0.2) is 0 Å². The Morgan fingerprint density at radius 3 is 2.92 bits per heavy atom. The Balaban J connectivity index is 2.45. The first-order valence-corrected chi connectivity index (χ1v) is 4.20. The summed E-state index contributed by atoms with van der Waals surface area (Å²) in [6, 6.07) is 6.28. The average Bonchev–Trinajstić information content (AvgIpc) is 2.49. The van der Waals surface area contributed by atoms with Gasteiger partial charge in [-0.2, -0.15) is 0 Å². The summed E-state index contributed by atoms with van der Waals surface area (Å²) in [5.74, 6) is 0. The Hall–Kier alpha value is -1.08. The van der Waals surface area contributed by atoms with Crippen molar-refractivity contribution < 1.29 is 5.11 Å². The van der Waals surface area contributed by atoms with Crippen molar-refractivity contribution >= 4 is 6.08 Å². The molecule has 0 amide bonds. The highest BCUT2D eigenvalue weighted by Crippen LogP contribution is 2.26. The van der Waals surface area contributed by atoms with E-state index in [1.165, 1.54) is 16.7 Å². The lowest BCUT2D eigenvalue weighted by Gasteiger charge is -2.02. The standard InChI is InChI=1S/C11H12O/c1-8-3-2-4-10-5-9(7-12)6-11(8)10/h2-5,12H,6-7H2,1H3. The van der Waals surface area contributed by atoms with E-state index in [0.29, 0.717) is 0 Å². The number of aliphatic hydroxyl groups is 1. The molecule has 62 valence electrons. The van der Waals surface area contributed by atoms with Gasteiger partial charge < -0.3 is 5.11 Å². The van der Waals surface area contributed by atoms with Crippen LogP contribution in [0.2, 0.25) is 0 Å². The zero-order valence-electron chi connectivity index (χ0n) is 7.17. The Morgan fingerprint density at radius 1 is 1.42 bits per heavy atom. The van der Waals surface area contributed by atoms with Crippen LogP contribution in [0, 0.1) is 6.92 Å². The molecule has 12 heavy (non-hydrogen) atoms. The van der Waals surface area contributed by atoms with E-state index in [0.717, 1.165) is 12.0 Å². The summed E-state index contributed by atoms with van der Waals surface area (Å²) in [6.07, 6.45) is 3.01. The smallest absolute Gasteiger partial charge is 0.0648 e. The molecule has 1 aliphatic carbocycles. The van der Waals surface area contributed by atoms with E-state index in [-0.39, 0.29) is 6.61 Å². The topological polar surface area (TPSA) is 20.2 Å². The summed E-state index contributed by atoms with van der Waals surface area (Å²) in [7, 11) is 0. The van der Waals surface area contributed by atoms with E-state index in [1.807, 2.05) is 0 Å². The molecule has 1 aromatic carbocycles. The van der Waals surface area contributed by atoms with Crippen LogP contribution in [0.5, 0.6) is 0 Å². The Bertz CT molecular complexity index is 337. The largest absolute Gasteiger partial charge is 0.392 e. The molecular formula is C11H12O. The van der Waals surface area contributed by atoms with Crippen molar-refractivity contribution in [1.82, 2.24) is 0 Å². The second kappa shape index (κ2) is 2.76. The minimum atomic E-state index is 0.189. The van der Waals surface area contributed by atoms with Crippen molar-refractivity contribution in [3.63, 3.8) is 0 Å². The lowest BCUT2D eigenvalue weighted by atomic mass is 10.0. The fourth-order valence-electron chi connectivity index (χ4n) is 1.70. The maximum atomic E-state index is 8.96. The van der Waals surface area contributed by atoms with Gasteiger partial charge in [0, 0.05) is 0 Å². The minimum absolute atomic E-state index is 0.189. The van der Waals surface area contributed by atoms with Crippen LogP contribution in [0.15, 0.2) is 23.8 Å². The molecule has 0 fully saturated rings. The van der Waals surface area contributed by atoms with Gasteiger partial charge in [-0.1, -0.05) is 24.3 Å². The van der Waals surface area contributed by atoms with Crippen molar-refractivity contribution in [2.45, 2.75) is 13.3 Å². The van der Waals surface area contributed by atoms with Gasteiger partial charge in [0.05, 0.1) is 6.61 Å². The molecule has 0 radical (unpaired) electrons. The van der Waals surface area contributed by atoms with E-state index in [1.54, 1.807) is 0 Å². The van der Waals surface area contributed by atoms with Crippen LogP contribution in [-0.4, -0.2) is 11.7 Å². The SMILES string of the molecule is Cc1cccc2c1CC(CO)=C2. The van der Waals surface area contributed by atoms with Crippen molar-refractivity contribution in [2.75, 3.05) is 6.61 Å². The predicted molar refractivity (Wildman–Crippen MR) is 49.9 cm³/mol. The molecule has 0 saturated carbocycles. The number of hydrogen-bond donors (Lipinski definition) is 1. The lowest BCUT2D eigenvalue weighted by molar-refractivity contribution is 0.330. The molecule has 0 heterocycles. The summed E-state index contributed by atoms with van der Waals surface area (Å²) in [6.45, 7) is 2.31. The second-order valence-electron chi connectivity index (χ2n) is 3.28. The first-order chi connectivity index (χ1) is 5.81. The van der Waals surface area contributed by atoms with E-state index in [9.17, 15) is 0 Å². The van der Waals surface area contributed by atoms with Gasteiger partial charge in [-0.3, -0.25) is 0 Å². The lowest BCUT2D eigenvalue weighted by Crippen LogP contribution is -1.91. The van der Waals surface area contributed by atoms with Crippen LogP contribution in [0.3, 0.4) is 0 Å². The quantitative estimate of drug-likeness (QED) is 0.665. The van der Waals surface area contributed by atoms with Crippen LogP contribution in [0.1, 0.15) is 16.7 Å². The number of fused-ring (bicyclic) bond motifs is 1. The molecule has 0 bridgehead atoms. The van der Waals surface area contributed by atoms with E-state index < -0.39 is 0 Å². The molecule has 1 heteroatoms. The first kappa shape index (κ1) is 7.56. The number of rotatable bonds is 1. The van der Waals surface area contributed by atoms with Crippen LogP contribution in [0.25, 0.3) is 6.08 Å². The van der Waals surface area contributed by atoms with Crippen molar-refractivity contribution in [3.05, 3.63) is 40.5 Å². The average molecular weight is 160 g/mol. The zero-order chi connectivity index (χ0) is 8.55. The van der Waals surface area contributed by atoms with Gasteiger partial charge in [-0.15, -0.1) is 0 Å². The molecule has 0 aromatic heterocycles. The van der Waals surface area contributed by atoms with E-state index >= 15 is 0 Å². The van der Waals surface area contributed by atoms with Crippen molar-refractivity contribution in [3.8, 4) is 0 Å². The van der Waals surface area contributed by atoms with Gasteiger partial charge in [0.1, 0.15) is 0 Å². The molecule has 0 unspecified atom stereocenters. The van der Waals surface area contributed by atoms with Gasteiger partial charge in [0.25, 0.3) is 0 Å². The van der Waals surface area contributed by atoms with Crippen molar-refractivity contribution in [2.24, 2.45) is 0 Å². The Labute approximate surface area is 72.4 Å². The molecule has 0 spiro atoms. The fourth-order valence-corrected chi connectivity index (χ4v) is 1.70. The summed E-state index contributed by atoms with van der Waals surface area (Å²) in [4.78, 5) is 0. The van der Waals surface area contributed by atoms with Gasteiger partial charge in [0.2, 0.25) is 0 Å². The van der Waals surface area contributed by atoms with Gasteiger partial charge in [-0.05, 0) is 35.6 Å². The zero-order valence-corrected chi connectivity index (χ0v) is 7.17. The molecular weight excluding hydrogens is 148 g/mol. The minimum Gasteiger partial charge on any atom is -0.392 e. The summed E-state index contributed by atoms with van der Waals surface area (Å²) in [5, 5.41) is 8.96. The van der Waals surface area contributed by atoms with Gasteiger partial charge >= 0.3 is 0 Å². The van der Waals surface area contributed by atoms with Crippen molar-refractivity contribution in [1.29, 1.82) is 0 Å². The van der Waals surface area contributed by atoms with Crippen LogP contribution in [-0.2, 0) is 6.42 Å². The van der Waals surface area contributed by atoms with E-state index in [2.05, 4.69) is 31.2 Å². The monoisotopic (exact) mass is 160 g/mol. The first-order valence-electron chi connectivity index (χ1n) is 4.20. The Kier molecular flexibility index (Phi) is 1.74. The number of aryl methyl sites for hydroxylation is 1. The third kappa shape index (κ3) is 1.07. The van der Waals surface area contributed by atoms with E-state index in [4.69, 9.17) is 5.11 Å². The number of hydrogen-bond acceptors (Lipinski definition) is 1. The highest BCUT2D eigenvalue weighted by atomic mass is 16.3. The maximum Gasteiger partial charge on any atom is 0.0648 e. The highest BCUT2D eigenvalue weighted by Gasteiger charge is 2.12. The molecule has 1 N–H and O–H groups in total. The van der Waals surface area contributed by atoms with Crippen LogP contribution < -0.4 is 0 Å². The predicted octanol–water partition coefficient (Wildman–Crippen LogP) is 1.93. The Morgan fingerprint density at radius 2 is 2.25 bits per heavy atom. The number of aliphatic hydroxyl groups excluding tert-OH is 1. The fraction of sp³-hybridized carbons (Fsp3) is 0.273. The number of benzene rings is 1. The maximum absolute atomic E-state index is 8.96. The molecule has 1 aromatic rings. The molecule has 0 saturated heterocycles. The normalized spacial score (nSPS) is 14.3. The van der Waals surface area contributed by atoms with Gasteiger partial charge in [0.15, 0.2) is 0 Å². The molecule has 2 rings (SSSR count). The third-order valence-electron chi connectivity index (χ3n) is 2.41. The highest BCUT2D eigenvalue weighted by molar-refractivity contribution is 5.65.